The van der Waals surface area contributed by atoms with Gasteiger partial charge in [-0.25, -0.2) is 4.79 Å². The summed E-state index contributed by atoms with van der Waals surface area (Å²) in [6.45, 7) is 8.37. The topological polar surface area (TPSA) is 78.9 Å². The maximum atomic E-state index is 12.1. The summed E-state index contributed by atoms with van der Waals surface area (Å²) in [6.07, 6.45) is 2.39. The molecule has 6 nitrogen and oxygen atoms in total. The van der Waals surface area contributed by atoms with E-state index in [2.05, 4.69) is 5.32 Å². The zero-order valence-corrected chi connectivity index (χ0v) is 13.8. The summed E-state index contributed by atoms with van der Waals surface area (Å²) in [5.41, 5.74) is -0.475. The van der Waals surface area contributed by atoms with Crippen LogP contribution in [-0.4, -0.2) is 53.8 Å². The second kappa shape index (κ2) is 6.86. The van der Waals surface area contributed by atoms with Crippen LogP contribution in [0, 0.1) is 17.8 Å². The van der Waals surface area contributed by atoms with Crippen molar-refractivity contribution in [3.05, 3.63) is 0 Å². The fourth-order valence-corrected chi connectivity index (χ4v) is 3.55. The Labute approximate surface area is 132 Å². The number of carboxylic acids is 1. The van der Waals surface area contributed by atoms with Crippen LogP contribution in [0.3, 0.4) is 0 Å². The summed E-state index contributed by atoms with van der Waals surface area (Å²) in [5.74, 6) is -0.389. The van der Waals surface area contributed by atoms with Crippen LogP contribution in [0.25, 0.3) is 0 Å². The van der Waals surface area contributed by atoms with E-state index in [9.17, 15) is 14.7 Å². The Kier molecular flexibility index (Phi) is 5.32. The van der Waals surface area contributed by atoms with Crippen molar-refractivity contribution in [2.24, 2.45) is 17.8 Å². The Balaban J connectivity index is 1.88. The molecule has 2 unspecified atom stereocenters. The highest BCUT2D eigenvalue weighted by Gasteiger charge is 2.38. The van der Waals surface area contributed by atoms with Gasteiger partial charge in [0.15, 0.2) is 0 Å². The Morgan fingerprint density at radius 2 is 1.82 bits per heavy atom. The monoisotopic (exact) mass is 312 g/mol. The maximum Gasteiger partial charge on any atom is 0.410 e. The number of carboxylic acid groups (broad SMARTS) is 1. The van der Waals surface area contributed by atoms with Crippen molar-refractivity contribution in [2.45, 2.75) is 45.6 Å². The number of carbonyl (C=O) groups excluding carboxylic acids is 1. The molecule has 2 rings (SSSR count). The number of amides is 1. The summed E-state index contributed by atoms with van der Waals surface area (Å²) < 4.78 is 5.40. The molecule has 6 heteroatoms. The van der Waals surface area contributed by atoms with Crippen LogP contribution < -0.4 is 5.32 Å². The number of likely N-dealkylation sites (tertiary alicyclic amines) is 1. The third-order valence-electron chi connectivity index (χ3n) is 4.65. The van der Waals surface area contributed by atoms with Crippen molar-refractivity contribution in [1.29, 1.82) is 0 Å². The summed E-state index contributed by atoms with van der Waals surface area (Å²) in [5, 5.41) is 12.6. The Bertz CT molecular complexity index is 411. The average molecular weight is 312 g/mol. The first-order chi connectivity index (χ1) is 10.3. The molecule has 2 aliphatic heterocycles. The van der Waals surface area contributed by atoms with Crippen molar-refractivity contribution in [3.8, 4) is 0 Å². The number of hydrogen-bond acceptors (Lipinski definition) is 4. The minimum absolute atomic E-state index is 0.222. The second-order valence-corrected chi connectivity index (χ2v) is 7.41. The highest BCUT2D eigenvalue weighted by atomic mass is 16.6. The third kappa shape index (κ3) is 4.35. The lowest BCUT2D eigenvalue weighted by atomic mass is 9.73. The molecule has 2 aliphatic rings. The number of hydrogen-bond donors (Lipinski definition) is 2. The number of nitrogens with one attached hydrogen (secondary N) is 1. The van der Waals surface area contributed by atoms with Gasteiger partial charge in [-0.2, -0.15) is 0 Å². The first-order valence-corrected chi connectivity index (χ1v) is 8.19. The van der Waals surface area contributed by atoms with Crippen molar-refractivity contribution >= 4 is 12.1 Å². The van der Waals surface area contributed by atoms with Crippen LogP contribution in [0.4, 0.5) is 4.79 Å². The first-order valence-electron chi connectivity index (χ1n) is 8.19. The number of carbonyl (C=O) groups is 2. The average Bonchev–Trinajstić information content (AvgIpc) is 2.45. The molecule has 0 aromatic carbocycles. The molecule has 126 valence electrons. The molecule has 0 aromatic heterocycles. The van der Waals surface area contributed by atoms with E-state index >= 15 is 0 Å². The van der Waals surface area contributed by atoms with Gasteiger partial charge in [0.05, 0.1) is 5.92 Å². The van der Waals surface area contributed by atoms with Crippen molar-refractivity contribution in [3.63, 3.8) is 0 Å². The summed E-state index contributed by atoms with van der Waals surface area (Å²) >= 11 is 0. The molecule has 2 N–H and O–H groups in total. The van der Waals surface area contributed by atoms with E-state index in [4.69, 9.17) is 4.74 Å². The van der Waals surface area contributed by atoms with E-state index in [1.807, 2.05) is 20.8 Å². The van der Waals surface area contributed by atoms with Crippen LogP contribution in [0.1, 0.15) is 40.0 Å². The molecule has 2 heterocycles. The molecule has 0 bridgehead atoms. The highest BCUT2D eigenvalue weighted by Crippen LogP contribution is 2.34. The normalized spacial score (nSPS) is 27.5. The van der Waals surface area contributed by atoms with Crippen LogP contribution >= 0.6 is 0 Å². The molecule has 2 saturated heterocycles. The number of nitrogens with zero attached hydrogens (tertiary/aromatic N) is 1. The van der Waals surface area contributed by atoms with Crippen LogP contribution in [0.2, 0.25) is 0 Å². The van der Waals surface area contributed by atoms with E-state index in [1.165, 1.54) is 0 Å². The Morgan fingerprint density at radius 1 is 1.18 bits per heavy atom. The van der Waals surface area contributed by atoms with Crippen molar-refractivity contribution < 1.29 is 19.4 Å². The van der Waals surface area contributed by atoms with Gasteiger partial charge in [-0.15, -0.1) is 0 Å². The van der Waals surface area contributed by atoms with Crippen molar-refractivity contribution in [2.75, 3.05) is 26.2 Å². The minimum atomic E-state index is -0.702. The fraction of sp³-hybridized carbons (Fsp3) is 0.875. The maximum absolute atomic E-state index is 12.1. The lowest BCUT2D eigenvalue weighted by Gasteiger charge is -2.40. The zero-order chi connectivity index (χ0) is 16.3. The van der Waals surface area contributed by atoms with Crippen LogP contribution in [0.15, 0.2) is 0 Å². The Morgan fingerprint density at radius 3 is 2.36 bits per heavy atom. The minimum Gasteiger partial charge on any atom is -0.481 e. The molecule has 0 aromatic rings. The van der Waals surface area contributed by atoms with Gasteiger partial charge >= 0.3 is 12.1 Å². The second-order valence-electron chi connectivity index (χ2n) is 7.41. The number of aliphatic carboxylic acids is 1. The first kappa shape index (κ1) is 17.1. The smallest absolute Gasteiger partial charge is 0.410 e. The molecule has 0 radical (unpaired) electrons. The molecule has 22 heavy (non-hydrogen) atoms. The summed E-state index contributed by atoms with van der Waals surface area (Å²) in [6, 6.07) is 0. The van der Waals surface area contributed by atoms with E-state index in [0.29, 0.717) is 25.6 Å². The fourth-order valence-electron chi connectivity index (χ4n) is 3.55. The zero-order valence-electron chi connectivity index (χ0n) is 13.8. The van der Waals surface area contributed by atoms with Gasteiger partial charge in [0.1, 0.15) is 5.60 Å². The summed E-state index contributed by atoms with van der Waals surface area (Å²) in [4.78, 5) is 25.2. The molecule has 2 atom stereocenters. The highest BCUT2D eigenvalue weighted by molar-refractivity contribution is 5.71. The molecule has 2 fully saturated rings. The van der Waals surface area contributed by atoms with Gasteiger partial charge in [-0.05, 0) is 58.4 Å². The lowest BCUT2D eigenvalue weighted by molar-refractivity contribution is -0.145. The molecule has 1 amide bonds. The largest absolute Gasteiger partial charge is 0.481 e. The van der Waals surface area contributed by atoms with Gasteiger partial charge in [-0.1, -0.05) is 0 Å². The summed E-state index contributed by atoms with van der Waals surface area (Å²) in [7, 11) is 0. The van der Waals surface area contributed by atoms with E-state index < -0.39 is 11.6 Å². The van der Waals surface area contributed by atoms with E-state index in [-0.39, 0.29) is 17.9 Å². The number of ether oxygens (including phenoxy) is 1. The molecular weight excluding hydrogens is 284 g/mol. The van der Waals surface area contributed by atoms with Gasteiger partial charge in [0.2, 0.25) is 0 Å². The van der Waals surface area contributed by atoms with Gasteiger partial charge < -0.3 is 20.1 Å². The third-order valence-corrected chi connectivity index (χ3v) is 4.65. The van der Waals surface area contributed by atoms with E-state index in [0.717, 1.165) is 25.8 Å². The molecular formula is C16H28N2O4. The molecule has 0 saturated carbocycles. The number of piperidine rings is 2. The SMILES string of the molecule is CC(C)(C)OC(=O)N1CCC(C2CCNCC2C(=O)O)CC1. The molecule has 0 spiro atoms. The van der Waals surface area contributed by atoms with Crippen molar-refractivity contribution in [1.82, 2.24) is 10.2 Å². The lowest BCUT2D eigenvalue weighted by Crippen LogP contribution is -2.48. The van der Waals surface area contributed by atoms with Gasteiger partial charge in [0.25, 0.3) is 0 Å². The number of rotatable bonds is 2. The predicted octanol–water partition coefficient (Wildman–Crippen LogP) is 1.94. The molecule has 0 aliphatic carbocycles. The standard InChI is InChI=1S/C16H28N2O4/c1-16(2,3)22-15(21)18-8-5-11(6-9-18)12-4-7-17-10-13(12)14(19)20/h11-13,17H,4-10H2,1-3H3,(H,19,20). The predicted molar refractivity (Wildman–Crippen MR) is 82.6 cm³/mol. The van der Waals surface area contributed by atoms with Gasteiger partial charge in [-0.3, -0.25) is 4.79 Å². The van der Waals surface area contributed by atoms with Crippen LogP contribution in [0.5, 0.6) is 0 Å². The van der Waals surface area contributed by atoms with Crippen LogP contribution in [-0.2, 0) is 9.53 Å². The van der Waals surface area contributed by atoms with Gasteiger partial charge in [0, 0.05) is 19.6 Å². The Hall–Kier alpha value is -1.30. The van der Waals surface area contributed by atoms with E-state index in [1.54, 1.807) is 4.90 Å². The quantitative estimate of drug-likeness (QED) is 0.814.